The molecule has 2 N–H and O–H groups in total. The molecule has 0 spiro atoms. The number of nitrogens with zero attached hydrogens (tertiary/aromatic N) is 1. The van der Waals surface area contributed by atoms with E-state index < -0.39 is 5.91 Å². The molecule has 28 heavy (non-hydrogen) atoms. The predicted octanol–water partition coefficient (Wildman–Crippen LogP) is 4.61. The van der Waals surface area contributed by atoms with E-state index in [2.05, 4.69) is 42.4 Å². The minimum absolute atomic E-state index is 0.00110. The summed E-state index contributed by atoms with van der Waals surface area (Å²) in [6, 6.07) is 14.7. The average molecular weight is 508 g/mol. The van der Waals surface area contributed by atoms with E-state index in [0.29, 0.717) is 21.5 Å². The van der Waals surface area contributed by atoms with Crippen LogP contribution >= 0.6 is 31.9 Å². The van der Waals surface area contributed by atoms with Gasteiger partial charge in [-0.15, -0.1) is 0 Å². The van der Waals surface area contributed by atoms with E-state index >= 15 is 0 Å². The third kappa shape index (κ3) is 4.63. The average Bonchev–Trinajstić information content (AvgIpc) is 2.70. The number of benzene rings is 3. The molecule has 3 rings (SSSR count). The highest BCUT2D eigenvalue weighted by atomic mass is 79.9. The summed E-state index contributed by atoms with van der Waals surface area (Å²) in [6.45, 7) is -0.175. The number of methoxy groups -OCH3 is 1. The number of nitrogens with one attached hydrogen (secondary N) is 1. The highest BCUT2D eigenvalue weighted by Gasteiger charge is 2.09. The smallest absolute Gasteiger partial charge is 0.277 e. The highest BCUT2D eigenvalue weighted by molar-refractivity contribution is 9.11. The molecule has 1 amide bonds. The Balaban J connectivity index is 1.62. The summed E-state index contributed by atoms with van der Waals surface area (Å²) in [5, 5.41) is 15.6. The fourth-order valence-electron chi connectivity index (χ4n) is 2.54. The second-order valence-electron chi connectivity index (χ2n) is 5.73. The number of phenols is 1. The molecule has 0 radical (unpaired) electrons. The van der Waals surface area contributed by atoms with Gasteiger partial charge in [-0.2, -0.15) is 5.10 Å². The Labute approximate surface area is 178 Å². The van der Waals surface area contributed by atoms with Crippen LogP contribution < -0.4 is 14.9 Å². The van der Waals surface area contributed by atoms with Crippen LogP contribution in [-0.2, 0) is 4.79 Å². The van der Waals surface area contributed by atoms with Crippen LogP contribution in [-0.4, -0.2) is 30.9 Å². The summed E-state index contributed by atoms with van der Waals surface area (Å²) in [4.78, 5) is 12.0. The number of hydrazone groups is 1. The van der Waals surface area contributed by atoms with Gasteiger partial charge in [0.15, 0.2) is 18.1 Å². The van der Waals surface area contributed by atoms with E-state index in [4.69, 9.17) is 9.47 Å². The number of hydrogen-bond donors (Lipinski definition) is 2. The lowest BCUT2D eigenvalue weighted by atomic mass is 10.1. The molecule has 0 aliphatic heterocycles. The van der Waals surface area contributed by atoms with Crippen molar-refractivity contribution in [2.75, 3.05) is 13.7 Å². The maximum atomic E-state index is 12.0. The molecule has 0 aromatic heterocycles. The van der Waals surface area contributed by atoms with E-state index in [1.165, 1.54) is 13.3 Å². The second kappa shape index (κ2) is 9.07. The molecule has 144 valence electrons. The van der Waals surface area contributed by atoms with Gasteiger partial charge in [0.2, 0.25) is 0 Å². The Morgan fingerprint density at radius 2 is 1.86 bits per heavy atom. The number of hydrogen-bond acceptors (Lipinski definition) is 5. The zero-order chi connectivity index (χ0) is 20.1. The van der Waals surface area contributed by atoms with Crippen molar-refractivity contribution >= 4 is 54.8 Å². The lowest BCUT2D eigenvalue weighted by Crippen LogP contribution is -2.24. The Kier molecular flexibility index (Phi) is 6.53. The minimum atomic E-state index is -0.395. The predicted molar refractivity (Wildman–Crippen MR) is 115 cm³/mol. The van der Waals surface area contributed by atoms with Crippen LogP contribution in [0.25, 0.3) is 10.8 Å². The standard InChI is InChI=1S/C20H16Br2N2O4/c1-27-18-9-12(8-16(22)20(18)26)10-23-24-19(25)11-28-17-7-6-15(21)13-4-2-3-5-14(13)17/h2-10,26H,11H2,1H3,(H,24,25)/b23-10-. The van der Waals surface area contributed by atoms with Crippen LogP contribution in [0.4, 0.5) is 0 Å². The van der Waals surface area contributed by atoms with Crippen molar-refractivity contribution in [2.45, 2.75) is 0 Å². The molecule has 0 saturated heterocycles. The van der Waals surface area contributed by atoms with Gasteiger partial charge in [0, 0.05) is 9.86 Å². The first-order valence-corrected chi connectivity index (χ1v) is 9.76. The third-order valence-electron chi connectivity index (χ3n) is 3.86. The van der Waals surface area contributed by atoms with E-state index in [9.17, 15) is 9.90 Å². The number of carbonyl (C=O) groups is 1. The number of aromatic hydroxyl groups is 1. The van der Waals surface area contributed by atoms with E-state index in [0.717, 1.165) is 15.2 Å². The number of halogens is 2. The van der Waals surface area contributed by atoms with Crippen molar-refractivity contribution < 1.29 is 19.4 Å². The molecule has 0 fully saturated rings. The van der Waals surface area contributed by atoms with Crippen molar-refractivity contribution in [1.29, 1.82) is 0 Å². The molecular formula is C20H16Br2N2O4. The Bertz CT molecular complexity index is 1050. The van der Waals surface area contributed by atoms with Crippen molar-refractivity contribution in [3.63, 3.8) is 0 Å². The molecule has 0 unspecified atom stereocenters. The summed E-state index contributed by atoms with van der Waals surface area (Å²) >= 11 is 6.74. The zero-order valence-corrected chi connectivity index (χ0v) is 18.0. The zero-order valence-electron chi connectivity index (χ0n) is 14.8. The third-order valence-corrected chi connectivity index (χ3v) is 5.16. The van der Waals surface area contributed by atoms with E-state index in [1.807, 2.05) is 36.4 Å². The summed E-state index contributed by atoms with van der Waals surface area (Å²) in [6.07, 6.45) is 1.44. The van der Waals surface area contributed by atoms with Gasteiger partial charge < -0.3 is 14.6 Å². The number of phenolic OH excluding ortho intramolecular Hbond substituents is 1. The van der Waals surface area contributed by atoms with Gasteiger partial charge >= 0.3 is 0 Å². The molecule has 3 aromatic rings. The Morgan fingerprint density at radius 1 is 1.11 bits per heavy atom. The number of amides is 1. The molecule has 0 bridgehead atoms. The molecular weight excluding hydrogens is 492 g/mol. The van der Waals surface area contributed by atoms with Crippen molar-refractivity contribution in [3.8, 4) is 17.2 Å². The van der Waals surface area contributed by atoms with E-state index in [-0.39, 0.29) is 12.4 Å². The molecule has 0 saturated carbocycles. The van der Waals surface area contributed by atoms with Crippen LogP contribution in [0.15, 0.2) is 62.6 Å². The molecule has 0 heterocycles. The first-order chi connectivity index (χ1) is 13.5. The van der Waals surface area contributed by atoms with Gasteiger partial charge in [-0.25, -0.2) is 5.43 Å². The lowest BCUT2D eigenvalue weighted by Gasteiger charge is -2.09. The SMILES string of the molecule is COc1cc(/C=N\NC(=O)COc2ccc(Br)c3ccccc23)cc(Br)c1O. The Morgan fingerprint density at radius 3 is 2.61 bits per heavy atom. The van der Waals surface area contributed by atoms with Crippen LogP contribution in [0, 0.1) is 0 Å². The normalized spacial score (nSPS) is 11.0. The molecule has 0 aliphatic rings. The van der Waals surface area contributed by atoms with Gasteiger partial charge in [-0.3, -0.25) is 4.79 Å². The van der Waals surface area contributed by atoms with Crippen molar-refractivity contribution in [3.05, 3.63) is 63.0 Å². The lowest BCUT2D eigenvalue weighted by molar-refractivity contribution is -0.123. The maximum Gasteiger partial charge on any atom is 0.277 e. The quantitative estimate of drug-likeness (QED) is 0.377. The number of ether oxygens (including phenoxy) is 2. The van der Waals surface area contributed by atoms with Crippen molar-refractivity contribution in [2.24, 2.45) is 5.10 Å². The maximum absolute atomic E-state index is 12.0. The summed E-state index contributed by atoms with van der Waals surface area (Å²) in [7, 11) is 1.45. The largest absolute Gasteiger partial charge is 0.503 e. The molecule has 6 nitrogen and oxygen atoms in total. The van der Waals surface area contributed by atoms with Crippen LogP contribution in [0.3, 0.4) is 0 Å². The number of rotatable bonds is 6. The van der Waals surface area contributed by atoms with Crippen LogP contribution in [0.1, 0.15) is 5.56 Å². The molecule has 8 heteroatoms. The topological polar surface area (TPSA) is 80.2 Å². The summed E-state index contributed by atoms with van der Waals surface area (Å²) < 4.78 is 12.1. The van der Waals surface area contributed by atoms with E-state index in [1.54, 1.807) is 12.1 Å². The number of carbonyl (C=O) groups excluding carboxylic acids is 1. The first kappa shape index (κ1) is 20.2. The highest BCUT2D eigenvalue weighted by Crippen LogP contribution is 2.34. The fourth-order valence-corrected chi connectivity index (χ4v) is 3.48. The second-order valence-corrected chi connectivity index (χ2v) is 7.44. The van der Waals surface area contributed by atoms with Gasteiger partial charge in [0.05, 0.1) is 17.8 Å². The number of fused-ring (bicyclic) bond motifs is 1. The van der Waals surface area contributed by atoms with Gasteiger partial charge in [-0.05, 0) is 51.1 Å². The fraction of sp³-hybridized carbons (Fsp3) is 0.100. The van der Waals surface area contributed by atoms with Crippen molar-refractivity contribution in [1.82, 2.24) is 5.43 Å². The Hall–Kier alpha value is -2.58. The molecule has 0 aliphatic carbocycles. The van der Waals surface area contributed by atoms with Crippen LogP contribution in [0.5, 0.6) is 17.2 Å². The van der Waals surface area contributed by atoms with Crippen LogP contribution in [0.2, 0.25) is 0 Å². The molecule has 3 aromatic carbocycles. The summed E-state index contributed by atoms with van der Waals surface area (Å²) in [5.74, 6) is 0.518. The monoisotopic (exact) mass is 506 g/mol. The summed E-state index contributed by atoms with van der Waals surface area (Å²) in [5.41, 5.74) is 3.05. The minimum Gasteiger partial charge on any atom is -0.503 e. The first-order valence-electron chi connectivity index (χ1n) is 8.18. The van der Waals surface area contributed by atoms with Gasteiger partial charge in [-0.1, -0.05) is 40.2 Å². The van der Waals surface area contributed by atoms with Gasteiger partial charge in [0.1, 0.15) is 5.75 Å². The molecule has 0 atom stereocenters. The van der Waals surface area contributed by atoms with Gasteiger partial charge in [0.25, 0.3) is 5.91 Å².